The summed E-state index contributed by atoms with van der Waals surface area (Å²) in [5.41, 5.74) is 0. The highest BCUT2D eigenvalue weighted by Crippen LogP contribution is 2.30. The van der Waals surface area contributed by atoms with Crippen LogP contribution in [-0.4, -0.2) is 74.9 Å². The van der Waals surface area contributed by atoms with E-state index in [0.717, 1.165) is 25.9 Å². The number of urea groups is 1. The van der Waals surface area contributed by atoms with E-state index in [2.05, 4.69) is 15.9 Å². The normalized spacial score (nSPS) is 19.5. The summed E-state index contributed by atoms with van der Waals surface area (Å²) in [5.74, 6) is 0.319. The lowest BCUT2D eigenvalue weighted by Crippen LogP contribution is -2.54. The average Bonchev–Trinajstić information content (AvgIpc) is 2.68. The van der Waals surface area contributed by atoms with E-state index in [1.165, 1.54) is 17.8 Å². The van der Waals surface area contributed by atoms with Crippen molar-refractivity contribution in [3.63, 3.8) is 0 Å². The number of carbonyl (C=O) groups is 1. The Morgan fingerprint density at radius 2 is 1.62 bits per heavy atom. The molecule has 2 amide bonds. The van der Waals surface area contributed by atoms with Gasteiger partial charge in [0.1, 0.15) is 10.6 Å². The zero-order chi connectivity index (χ0) is 18.7. The van der Waals surface area contributed by atoms with E-state index in [-0.39, 0.29) is 24.0 Å². The summed E-state index contributed by atoms with van der Waals surface area (Å²) < 4.78 is 33.3. The maximum Gasteiger partial charge on any atom is 0.320 e. The van der Waals surface area contributed by atoms with Gasteiger partial charge >= 0.3 is 6.03 Å². The van der Waals surface area contributed by atoms with Gasteiger partial charge in [-0.15, -0.1) is 0 Å². The molecule has 1 aromatic carbocycles. The molecule has 2 fully saturated rings. The third-order valence-corrected chi connectivity index (χ3v) is 7.29. The molecule has 0 radical (unpaired) electrons. The Bertz CT molecular complexity index is 757. The van der Waals surface area contributed by atoms with Crippen LogP contribution in [0.1, 0.15) is 19.3 Å². The Labute approximate surface area is 163 Å². The first kappa shape index (κ1) is 19.4. The maximum atomic E-state index is 13.0. The number of sulfonamides is 1. The van der Waals surface area contributed by atoms with Crippen LogP contribution in [0, 0.1) is 0 Å². The first-order chi connectivity index (χ1) is 12.4. The van der Waals surface area contributed by atoms with Crippen molar-refractivity contribution >= 4 is 32.0 Å². The number of benzene rings is 1. The SMILES string of the molecule is COc1ccc(Br)cc1S(=O)(=O)N1CCN(C(=O)N2CCCCC2)CC1. The van der Waals surface area contributed by atoms with Crippen molar-refractivity contribution in [2.45, 2.75) is 24.2 Å². The molecule has 2 aliphatic heterocycles. The zero-order valence-corrected chi connectivity index (χ0v) is 17.3. The molecule has 0 saturated carbocycles. The van der Waals surface area contributed by atoms with Gasteiger partial charge in [0.05, 0.1) is 7.11 Å². The van der Waals surface area contributed by atoms with Crippen LogP contribution in [0.3, 0.4) is 0 Å². The molecule has 0 bridgehead atoms. The number of halogens is 1. The fourth-order valence-corrected chi connectivity index (χ4v) is 5.51. The molecule has 7 nitrogen and oxygen atoms in total. The van der Waals surface area contributed by atoms with Crippen LogP contribution < -0.4 is 4.74 Å². The number of carbonyl (C=O) groups excluding carboxylic acids is 1. The van der Waals surface area contributed by atoms with E-state index < -0.39 is 10.0 Å². The summed E-state index contributed by atoms with van der Waals surface area (Å²) in [6.45, 7) is 2.99. The number of likely N-dealkylation sites (tertiary alicyclic amines) is 1. The summed E-state index contributed by atoms with van der Waals surface area (Å²) in [4.78, 5) is 16.4. The third kappa shape index (κ3) is 3.99. The molecule has 1 aromatic rings. The molecule has 3 rings (SSSR count). The Kier molecular flexibility index (Phi) is 6.09. The first-order valence-corrected chi connectivity index (χ1v) is 11.0. The summed E-state index contributed by atoms with van der Waals surface area (Å²) >= 11 is 3.32. The van der Waals surface area contributed by atoms with Crippen molar-refractivity contribution in [2.75, 3.05) is 46.4 Å². The molecule has 0 N–H and O–H groups in total. The lowest BCUT2D eigenvalue weighted by atomic mass is 10.1. The number of methoxy groups -OCH3 is 1. The van der Waals surface area contributed by atoms with E-state index in [4.69, 9.17) is 4.74 Å². The predicted octanol–water partition coefficient (Wildman–Crippen LogP) is 2.37. The molecule has 0 aromatic heterocycles. The Balaban J connectivity index is 1.69. The Morgan fingerprint density at radius 3 is 2.23 bits per heavy atom. The number of amides is 2. The van der Waals surface area contributed by atoms with Gasteiger partial charge in [0, 0.05) is 43.7 Å². The zero-order valence-electron chi connectivity index (χ0n) is 14.9. The second-order valence-electron chi connectivity index (χ2n) is 6.52. The van der Waals surface area contributed by atoms with Gasteiger partial charge in [-0.1, -0.05) is 15.9 Å². The molecule has 144 valence electrons. The fourth-order valence-electron chi connectivity index (χ4n) is 3.40. The fraction of sp³-hybridized carbons (Fsp3) is 0.588. The number of nitrogens with zero attached hydrogens (tertiary/aromatic N) is 3. The van der Waals surface area contributed by atoms with Crippen molar-refractivity contribution in [2.24, 2.45) is 0 Å². The van der Waals surface area contributed by atoms with E-state index in [9.17, 15) is 13.2 Å². The number of hydrogen-bond acceptors (Lipinski definition) is 4. The van der Waals surface area contributed by atoms with Crippen LogP contribution in [0.5, 0.6) is 5.75 Å². The second kappa shape index (κ2) is 8.14. The monoisotopic (exact) mass is 445 g/mol. The molecular formula is C17H24BrN3O4S. The number of piperazine rings is 1. The van der Waals surface area contributed by atoms with E-state index in [1.54, 1.807) is 23.1 Å². The standard InChI is InChI=1S/C17H24BrN3O4S/c1-25-15-6-5-14(18)13-16(15)26(23,24)21-11-9-20(10-12-21)17(22)19-7-3-2-4-8-19/h5-6,13H,2-4,7-12H2,1H3. The molecule has 26 heavy (non-hydrogen) atoms. The Hall–Kier alpha value is -1.32. The van der Waals surface area contributed by atoms with Gasteiger partial charge in [-0.2, -0.15) is 4.31 Å². The van der Waals surface area contributed by atoms with Crippen molar-refractivity contribution in [1.82, 2.24) is 14.1 Å². The lowest BCUT2D eigenvalue weighted by Gasteiger charge is -2.38. The van der Waals surface area contributed by atoms with Gasteiger partial charge in [0.2, 0.25) is 10.0 Å². The minimum atomic E-state index is -3.67. The highest BCUT2D eigenvalue weighted by Gasteiger charge is 2.33. The molecule has 0 spiro atoms. The third-order valence-electron chi connectivity index (χ3n) is 4.88. The van der Waals surface area contributed by atoms with Crippen LogP contribution in [0.15, 0.2) is 27.6 Å². The summed E-state index contributed by atoms with van der Waals surface area (Å²) in [6.07, 6.45) is 3.26. The first-order valence-electron chi connectivity index (χ1n) is 8.81. The number of rotatable bonds is 3. The van der Waals surface area contributed by atoms with Gasteiger partial charge in [-0.3, -0.25) is 0 Å². The molecule has 2 heterocycles. The quantitative estimate of drug-likeness (QED) is 0.715. The van der Waals surface area contributed by atoms with Gasteiger partial charge < -0.3 is 14.5 Å². The van der Waals surface area contributed by atoms with Crippen LogP contribution in [-0.2, 0) is 10.0 Å². The highest BCUT2D eigenvalue weighted by molar-refractivity contribution is 9.10. The number of hydrogen-bond donors (Lipinski definition) is 0. The van der Waals surface area contributed by atoms with Crippen LogP contribution >= 0.6 is 15.9 Å². The Morgan fingerprint density at radius 1 is 1.00 bits per heavy atom. The van der Waals surface area contributed by atoms with Crippen LogP contribution in [0.4, 0.5) is 4.79 Å². The van der Waals surface area contributed by atoms with E-state index >= 15 is 0 Å². The van der Waals surface area contributed by atoms with Crippen molar-refractivity contribution in [3.8, 4) is 5.75 Å². The van der Waals surface area contributed by atoms with E-state index in [0.29, 0.717) is 23.3 Å². The highest BCUT2D eigenvalue weighted by atomic mass is 79.9. The van der Waals surface area contributed by atoms with Crippen LogP contribution in [0.2, 0.25) is 0 Å². The molecule has 9 heteroatoms. The van der Waals surface area contributed by atoms with Gasteiger partial charge in [0.25, 0.3) is 0 Å². The van der Waals surface area contributed by atoms with Gasteiger partial charge in [-0.05, 0) is 37.5 Å². The predicted molar refractivity (Wildman–Crippen MR) is 102 cm³/mol. The molecule has 2 aliphatic rings. The van der Waals surface area contributed by atoms with Crippen molar-refractivity contribution < 1.29 is 17.9 Å². The van der Waals surface area contributed by atoms with Crippen molar-refractivity contribution in [3.05, 3.63) is 22.7 Å². The smallest absolute Gasteiger partial charge is 0.320 e. The van der Waals surface area contributed by atoms with E-state index in [1.807, 2.05) is 4.90 Å². The molecule has 0 unspecified atom stereocenters. The topological polar surface area (TPSA) is 70.2 Å². The average molecular weight is 446 g/mol. The minimum absolute atomic E-state index is 0.0294. The van der Waals surface area contributed by atoms with Gasteiger partial charge in [-0.25, -0.2) is 13.2 Å². The van der Waals surface area contributed by atoms with Gasteiger partial charge in [0.15, 0.2) is 0 Å². The minimum Gasteiger partial charge on any atom is -0.495 e. The van der Waals surface area contributed by atoms with Crippen LogP contribution in [0.25, 0.3) is 0 Å². The lowest BCUT2D eigenvalue weighted by molar-refractivity contribution is 0.126. The largest absolute Gasteiger partial charge is 0.495 e. The molecule has 0 aliphatic carbocycles. The summed E-state index contributed by atoms with van der Waals surface area (Å²) in [6, 6.07) is 4.96. The molecule has 0 atom stereocenters. The summed E-state index contributed by atoms with van der Waals surface area (Å²) in [7, 11) is -2.22. The number of ether oxygens (including phenoxy) is 1. The maximum absolute atomic E-state index is 13.0. The number of piperidine rings is 1. The summed E-state index contributed by atoms with van der Waals surface area (Å²) in [5, 5.41) is 0. The molecular weight excluding hydrogens is 422 g/mol. The second-order valence-corrected chi connectivity index (χ2v) is 9.34. The van der Waals surface area contributed by atoms with Crippen molar-refractivity contribution in [1.29, 1.82) is 0 Å². The molecule has 2 saturated heterocycles.